The Kier molecular flexibility index (Phi) is 3.31. The van der Waals surface area contributed by atoms with Gasteiger partial charge in [-0.1, -0.05) is 18.2 Å². The Balaban J connectivity index is 2.05. The van der Waals surface area contributed by atoms with Crippen LogP contribution in [0.2, 0.25) is 0 Å². The van der Waals surface area contributed by atoms with Gasteiger partial charge in [-0.3, -0.25) is 0 Å². The van der Waals surface area contributed by atoms with Crippen molar-refractivity contribution < 1.29 is 4.39 Å². The van der Waals surface area contributed by atoms with E-state index in [0.29, 0.717) is 16.4 Å². The molecule has 0 aliphatic heterocycles. The zero-order chi connectivity index (χ0) is 13.2. The number of anilines is 1. The van der Waals surface area contributed by atoms with Crippen LogP contribution in [0.25, 0.3) is 11.3 Å². The van der Waals surface area contributed by atoms with E-state index in [4.69, 9.17) is 5.73 Å². The molecule has 0 radical (unpaired) electrons. The van der Waals surface area contributed by atoms with Gasteiger partial charge >= 0.3 is 0 Å². The fourth-order valence-corrected chi connectivity index (χ4v) is 3.60. The van der Waals surface area contributed by atoms with Crippen LogP contribution in [-0.2, 0) is 6.42 Å². The number of aromatic nitrogens is 1. The van der Waals surface area contributed by atoms with Crippen LogP contribution < -0.4 is 5.73 Å². The summed E-state index contributed by atoms with van der Waals surface area (Å²) in [6.07, 6.45) is 0.746. The summed E-state index contributed by atoms with van der Waals surface area (Å²) in [5, 5.41) is 2.51. The Morgan fingerprint density at radius 1 is 1.16 bits per heavy atom. The van der Waals surface area contributed by atoms with E-state index in [1.54, 1.807) is 23.5 Å². The van der Waals surface area contributed by atoms with Crippen LogP contribution >= 0.6 is 22.7 Å². The van der Waals surface area contributed by atoms with Gasteiger partial charge in [0.25, 0.3) is 0 Å². The normalized spacial score (nSPS) is 10.8. The van der Waals surface area contributed by atoms with Crippen LogP contribution in [0.15, 0.2) is 41.8 Å². The Labute approximate surface area is 118 Å². The SMILES string of the molecule is Nc1nc(-c2ccccc2F)c(Cc2cccs2)s1. The van der Waals surface area contributed by atoms with Crippen molar-refractivity contribution in [1.29, 1.82) is 0 Å². The van der Waals surface area contributed by atoms with Crippen molar-refractivity contribution in [2.45, 2.75) is 6.42 Å². The molecule has 0 bridgehead atoms. The van der Waals surface area contributed by atoms with E-state index < -0.39 is 0 Å². The standard InChI is InChI=1S/C14H11FN2S2/c15-11-6-2-1-5-10(11)13-12(19-14(16)17-13)8-9-4-3-7-18-9/h1-7H,8H2,(H2,16,17). The van der Waals surface area contributed by atoms with Crippen molar-refractivity contribution in [1.82, 2.24) is 4.98 Å². The van der Waals surface area contributed by atoms with Crippen LogP contribution in [0.4, 0.5) is 9.52 Å². The second kappa shape index (κ2) is 5.11. The molecule has 2 nitrogen and oxygen atoms in total. The molecule has 19 heavy (non-hydrogen) atoms. The Morgan fingerprint density at radius 2 is 2.00 bits per heavy atom. The highest BCUT2D eigenvalue weighted by Crippen LogP contribution is 2.33. The molecule has 0 saturated heterocycles. The minimum atomic E-state index is -0.264. The molecule has 0 saturated carbocycles. The molecule has 0 spiro atoms. The minimum absolute atomic E-state index is 0.264. The van der Waals surface area contributed by atoms with E-state index in [0.717, 1.165) is 11.3 Å². The van der Waals surface area contributed by atoms with Crippen LogP contribution in [0, 0.1) is 5.82 Å². The van der Waals surface area contributed by atoms with Crippen molar-refractivity contribution in [2.24, 2.45) is 0 Å². The third kappa shape index (κ3) is 2.52. The molecule has 3 aromatic rings. The maximum atomic E-state index is 13.9. The van der Waals surface area contributed by atoms with Crippen molar-refractivity contribution in [2.75, 3.05) is 5.73 Å². The van der Waals surface area contributed by atoms with E-state index >= 15 is 0 Å². The predicted molar refractivity (Wildman–Crippen MR) is 79.0 cm³/mol. The lowest BCUT2D eigenvalue weighted by molar-refractivity contribution is 0.630. The highest BCUT2D eigenvalue weighted by Gasteiger charge is 2.15. The number of hydrogen-bond acceptors (Lipinski definition) is 4. The molecule has 96 valence electrons. The smallest absolute Gasteiger partial charge is 0.180 e. The van der Waals surface area contributed by atoms with Crippen LogP contribution in [0.5, 0.6) is 0 Å². The summed E-state index contributed by atoms with van der Waals surface area (Å²) in [7, 11) is 0. The first kappa shape index (κ1) is 12.3. The zero-order valence-corrected chi connectivity index (χ0v) is 11.6. The largest absolute Gasteiger partial charge is 0.375 e. The molecule has 0 amide bonds. The Bertz CT molecular complexity index is 689. The summed E-state index contributed by atoms with van der Waals surface area (Å²) in [5.74, 6) is -0.264. The summed E-state index contributed by atoms with van der Waals surface area (Å²) >= 11 is 3.10. The monoisotopic (exact) mass is 290 g/mol. The van der Waals surface area contributed by atoms with E-state index in [-0.39, 0.29) is 5.82 Å². The molecule has 2 aromatic heterocycles. The number of thiophene rings is 1. The average Bonchev–Trinajstić information content (AvgIpc) is 3.01. The quantitative estimate of drug-likeness (QED) is 0.785. The molecule has 2 N–H and O–H groups in total. The van der Waals surface area contributed by atoms with Crippen molar-refractivity contribution in [3.8, 4) is 11.3 Å². The number of halogens is 1. The number of hydrogen-bond donors (Lipinski definition) is 1. The highest BCUT2D eigenvalue weighted by atomic mass is 32.1. The number of rotatable bonds is 3. The van der Waals surface area contributed by atoms with Crippen molar-refractivity contribution >= 4 is 27.8 Å². The maximum Gasteiger partial charge on any atom is 0.180 e. The van der Waals surface area contributed by atoms with E-state index in [1.165, 1.54) is 22.3 Å². The van der Waals surface area contributed by atoms with E-state index in [9.17, 15) is 4.39 Å². The lowest BCUT2D eigenvalue weighted by Gasteiger charge is -2.02. The van der Waals surface area contributed by atoms with Crippen LogP contribution in [-0.4, -0.2) is 4.98 Å². The van der Waals surface area contributed by atoms with Gasteiger partial charge in [-0.2, -0.15) is 0 Å². The first-order valence-electron chi connectivity index (χ1n) is 5.76. The molecule has 0 aliphatic rings. The summed E-state index contributed by atoms with van der Waals surface area (Å²) in [5.41, 5.74) is 6.96. The number of nitrogens with two attached hydrogens (primary N) is 1. The second-order valence-corrected chi connectivity index (χ2v) is 6.21. The molecule has 0 fully saturated rings. The second-order valence-electron chi connectivity index (χ2n) is 4.06. The predicted octanol–water partition coefficient (Wildman–Crippen LogP) is 4.18. The molecule has 1 aromatic carbocycles. The summed E-state index contributed by atoms with van der Waals surface area (Å²) in [6, 6.07) is 10.7. The van der Waals surface area contributed by atoms with Gasteiger partial charge in [-0.25, -0.2) is 9.37 Å². The topological polar surface area (TPSA) is 38.9 Å². The first-order chi connectivity index (χ1) is 9.24. The average molecular weight is 290 g/mol. The van der Waals surface area contributed by atoms with Gasteiger partial charge in [-0.05, 0) is 23.6 Å². The van der Waals surface area contributed by atoms with Gasteiger partial charge in [0.05, 0.1) is 5.69 Å². The van der Waals surface area contributed by atoms with Gasteiger partial charge in [0.1, 0.15) is 5.82 Å². The van der Waals surface area contributed by atoms with Crippen molar-refractivity contribution in [3.05, 3.63) is 57.3 Å². The molecule has 0 atom stereocenters. The first-order valence-corrected chi connectivity index (χ1v) is 7.46. The Morgan fingerprint density at radius 3 is 2.74 bits per heavy atom. The van der Waals surface area contributed by atoms with E-state index in [2.05, 4.69) is 11.1 Å². The fourth-order valence-electron chi connectivity index (χ4n) is 1.92. The van der Waals surface area contributed by atoms with E-state index in [1.807, 2.05) is 17.5 Å². The maximum absolute atomic E-state index is 13.9. The van der Waals surface area contributed by atoms with Crippen LogP contribution in [0.3, 0.4) is 0 Å². The molecule has 0 aliphatic carbocycles. The number of nitrogens with zero attached hydrogens (tertiary/aromatic N) is 1. The highest BCUT2D eigenvalue weighted by molar-refractivity contribution is 7.16. The minimum Gasteiger partial charge on any atom is -0.375 e. The van der Waals surface area contributed by atoms with Gasteiger partial charge in [0, 0.05) is 21.7 Å². The molecule has 3 rings (SSSR count). The Hall–Kier alpha value is -1.72. The third-order valence-electron chi connectivity index (χ3n) is 2.76. The van der Waals surface area contributed by atoms with Crippen LogP contribution in [0.1, 0.15) is 9.75 Å². The summed E-state index contributed by atoms with van der Waals surface area (Å²) < 4.78 is 13.9. The number of thiazole rings is 1. The molecular formula is C14H11FN2S2. The fraction of sp³-hybridized carbons (Fsp3) is 0.0714. The summed E-state index contributed by atoms with van der Waals surface area (Å²) in [4.78, 5) is 6.51. The molecule has 0 unspecified atom stereocenters. The van der Waals surface area contributed by atoms with Gasteiger partial charge in [0.15, 0.2) is 5.13 Å². The third-order valence-corrected chi connectivity index (χ3v) is 4.52. The lowest BCUT2D eigenvalue weighted by atomic mass is 10.1. The number of benzene rings is 1. The molecular weight excluding hydrogens is 279 g/mol. The molecule has 2 heterocycles. The zero-order valence-electron chi connectivity index (χ0n) is 9.97. The van der Waals surface area contributed by atoms with Gasteiger partial charge in [-0.15, -0.1) is 22.7 Å². The van der Waals surface area contributed by atoms with Gasteiger partial charge in [0.2, 0.25) is 0 Å². The lowest BCUT2D eigenvalue weighted by Crippen LogP contribution is -1.90. The summed E-state index contributed by atoms with van der Waals surface area (Å²) in [6.45, 7) is 0. The molecule has 5 heteroatoms. The number of nitrogen functional groups attached to an aromatic ring is 1. The van der Waals surface area contributed by atoms with Crippen molar-refractivity contribution in [3.63, 3.8) is 0 Å². The van der Waals surface area contributed by atoms with Gasteiger partial charge < -0.3 is 5.73 Å².